The second kappa shape index (κ2) is 7.02. The van der Waals surface area contributed by atoms with Crippen LogP contribution in [-0.4, -0.2) is 0 Å². The molecule has 0 radical (unpaired) electrons. The van der Waals surface area contributed by atoms with Gasteiger partial charge in [-0.1, -0.05) is 72.2 Å². The van der Waals surface area contributed by atoms with Crippen molar-refractivity contribution >= 4 is 12.2 Å². The molecule has 2 aromatic carbocycles. The molecule has 2 aromatic rings. The molecule has 0 aromatic heterocycles. The minimum atomic E-state index is -0.0961. The van der Waals surface area contributed by atoms with E-state index < -0.39 is 0 Å². The Balaban J connectivity index is 2.05. The quantitative estimate of drug-likeness (QED) is 0.453. The van der Waals surface area contributed by atoms with Crippen molar-refractivity contribution in [3.05, 3.63) is 96.5 Å². The van der Waals surface area contributed by atoms with E-state index in [2.05, 4.69) is 78.3 Å². The van der Waals surface area contributed by atoms with Gasteiger partial charge in [0.25, 0.3) is 0 Å². The molecular formula is C29H32O2. The smallest absolute Gasteiger partial charge is 0.169 e. The molecule has 0 amide bonds. The maximum atomic E-state index is 5.77. The Bertz CT molecular complexity index is 1120. The van der Waals surface area contributed by atoms with E-state index in [-0.39, 0.29) is 16.2 Å². The summed E-state index contributed by atoms with van der Waals surface area (Å²) >= 11 is 0. The summed E-state index contributed by atoms with van der Waals surface area (Å²) in [4.78, 5) is 0. The minimum Gasteiger partial charge on any atom is -0.462 e. The molecule has 2 heteroatoms. The predicted octanol–water partition coefficient (Wildman–Crippen LogP) is 7.67. The molecule has 0 saturated heterocycles. The highest BCUT2D eigenvalue weighted by Gasteiger charge is 2.56. The zero-order chi connectivity index (χ0) is 22.6. The molecule has 0 bridgehead atoms. The van der Waals surface area contributed by atoms with Crippen LogP contribution in [0.25, 0.3) is 12.2 Å². The average molecular weight is 413 g/mol. The van der Waals surface area contributed by atoms with Gasteiger partial charge in [-0.2, -0.15) is 0 Å². The van der Waals surface area contributed by atoms with Gasteiger partial charge in [0.15, 0.2) is 11.5 Å². The van der Waals surface area contributed by atoms with Crippen molar-refractivity contribution in [2.24, 2.45) is 0 Å². The average Bonchev–Trinajstić information content (AvgIpc) is 3.07. The largest absolute Gasteiger partial charge is 0.462 e. The van der Waals surface area contributed by atoms with Gasteiger partial charge >= 0.3 is 0 Å². The molecule has 2 aliphatic carbocycles. The summed E-state index contributed by atoms with van der Waals surface area (Å²) in [7, 11) is 0. The molecule has 4 rings (SSSR count). The van der Waals surface area contributed by atoms with E-state index >= 15 is 0 Å². The molecule has 1 spiro atoms. The number of ether oxygens (including phenoxy) is 2. The number of rotatable bonds is 6. The van der Waals surface area contributed by atoms with Gasteiger partial charge in [0.1, 0.15) is 0 Å². The topological polar surface area (TPSA) is 18.5 Å². The molecule has 1 atom stereocenters. The molecule has 0 aliphatic heterocycles. The van der Waals surface area contributed by atoms with E-state index in [1.54, 1.807) is 0 Å². The first-order chi connectivity index (χ1) is 14.6. The van der Waals surface area contributed by atoms with E-state index in [0.717, 1.165) is 24.0 Å². The maximum absolute atomic E-state index is 5.77. The fourth-order valence-electron chi connectivity index (χ4n) is 6.11. The first kappa shape index (κ1) is 21.2. The van der Waals surface area contributed by atoms with Crippen LogP contribution >= 0.6 is 0 Å². The van der Waals surface area contributed by atoms with Crippen molar-refractivity contribution in [2.75, 3.05) is 0 Å². The number of hydrogen-bond donors (Lipinski definition) is 0. The first-order valence-corrected chi connectivity index (χ1v) is 10.8. The third kappa shape index (κ3) is 3.00. The van der Waals surface area contributed by atoms with Gasteiger partial charge < -0.3 is 9.47 Å². The first-order valence-electron chi connectivity index (χ1n) is 10.8. The molecule has 0 fully saturated rings. The van der Waals surface area contributed by atoms with Crippen LogP contribution < -0.4 is 9.47 Å². The van der Waals surface area contributed by atoms with Gasteiger partial charge in [-0.05, 0) is 75.3 Å². The molecule has 0 N–H and O–H groups in total. The Morgan fingerprint density at radius 3 is 1.48 bits per heavy atom. The van der Waals surface area contributed by atoms with Crippen LogP contribution in [0.5, 0.6) is 11.5 Å². The highest BCUT2D eigenvalue weighted by Crippen LogP contribution is 2.64. The second-order valence-electron chi connectivity index (χ2n) is 10.1. The highest BCUT2D eigenvalue weighted by atomic mass is 16.5. The van der Waals surface area contributed by atoms with Crippen LogP contribution in [0.1, 0.15) is 73.9 Å². The fourth-order valence-corrected chi connectivity index (χ4v) is 6.11. The van der Waals surface area contributed by atoms with E-state index in [9.17, 15) is 0 Å². The van der Waals surface area contributed by atoms with Gasteiger partial charge in [0, 0.05) is 5.41 Å². The number of hydrogen-bond acceptors (Lipinski definition) is 2. The molecule has 160 valence electrons. The van der Waals surface area contributed by atoms with Crippen molar-refractivity contribution in [1.82, 2.24) is 0 Å². The molecule has 2 nitrogen and oxygen atoms in total. The van der Waals surface area contributed by atoms with Gasteiger partial charge in [-0.25, -0.2) is 0 Å². The molecule has 1 unspecified atom stereocenters. The van der Waals surface area contributed by atoms with E-state index in [4.69, 9.17) is 9.47 Å². The normalized spacial score (nSPS) is 21.8. The van der Waals surface area contributed by atoms with Crippen LogP contribution in [0.2, 0.25) is 0 Å². The predicted molar refractivity (Wildman–Crippen MR) is 131 cm³/mol. The minimum absolute atomic E-state index is 0.00946. The van der Waals surface area contributed by atoms with Crippen molar-refractivity contribution in [3.8, 4) is 11.5 Å². The summed E-state index contributed by atoms with van der Waals surface area (Å²) in [6.07, 6.45) is 8.82. The van der Waals surface area contributed by atoms with Crippen LogP contribution in [0.15, 0.2) is 63.1 Å². The van der Waals surface area contributed by atoms with E-state index in [1.807, 2.05) is 12.2 Å². The Morgan fingerprint density at radius 2 is 1.03 bits per heavy atom. The van der Waals surface area contributed by atoms with Crippen molar-refractivity contribution < 1.29 is 9.47 Å². The summed E-state index contributed by atoms with van der Waals surface area (Å²) in [5, 5.41) is 0. The van der Waals surface area contributed by atoms with Gasteiger partial charge in [0.05, 0.1) is 12.5 Å². The lowest BCUT2D eigenvalue weighted by Crippen LogP contribution is -2.27. The highest BCUT2D eigenvalue weighted by molar-refractivity contribution is 5.71. The van der Waals surface area contributed by atoms with E-state index in [1.165, 1.54) is 34.8 Å². The lowest BCUT2D eigenvalue weighted by Gasteiger charge is -2.31. The van der Waals surface area contributed by atoms with Gasteiger partial charge in [0.2, 0.25) is 0 Å². The van der Waals surface area contributed by atoms with Crippen LogP contribution in [0.3, 0.4) is 0 Å². The molecule has 0 saturated carbocycles. The van der Waals surface area contributed by atoms with Crippen molar-refractivity contribution in [2.45, 2.75) is 56.8 Å². The Labute approximate surface area is 186 Å². The van der Waals surface area contributed by atoms with Crippen molar-refractivity contribution in [1.29, 1.82) is 0 Å². The van der Waals surface area contributed by atoms with Crippen LogP contribution in [0, 0.1) is 0 Å². The second-order valence-corrected chi connectivity index (χ2v) is 10.1. The zero-order valence-electron chi connectivity index (χ0n) is 19.2. The Kier molecular flexibility index (Phi) is 4.81. The Hall–Kier alpha value is -3.00. The molecule has 31 heavy (non-hydrogen) atoms. The zero-order valence-corrected chi connectivity index (χ0v) is 19.2. The standard InChI is InChI=1S/C29H32O2/c1-9-19-13-21-23(14-20(19)10-2)29(17-27(21,5)6)18-28(7,8)22-15-25(30-11-3)26(31-12-4)16-24(22)29/h9-16H,1-4,17-18H2,5-8H3. The molecule has 0 heterocycles. The summed E-state index contributed by atoms with van der Waals surface area (Å²) in [6, 6.07) is 8.93. The van der Waals surface area contributed by atoms with Crippen molar-refractivity contribution in [3.63, 3.8) is 0 Å². The van der Waals surface area contributed by atoms with Crippen LogP contribution in [0.4, 0.5) is 0 Å². The number of fused-ring (bicyclic) bond motifs is 4. The monoisotopic (exact) mass is 412 g/mol. The SMILES string of the molecule is C=COc1cc2c(cc1OC=C)C1(CC(C)(C)c3cc(C=C)c(C=C)cc31)CC2(C)C. The van der Waals surface area contributed by atoms with Gasteiger partial charge in [-0.3, -0.25) is 0 Å². The van der Waals surface area contributed by atoms with E-state index in [0.29, 0.717) is 11.5 Å². The fraction of sp³-hybridized carbons (Fsp3) is 0.310. The lowest BCUT2D eigenvalue weighted by molar-refractivity contribution is 0.349. The summed E-state index contributed by atoms with van der Waals surface area (Å²) < 4.78 is 11.5. The molecular weight excluding hydrogens is 380 g/mol. The number of benzene rings is 2. The summed E-state index contributed by atoms with van der Waals surface area (Å²) in [5.41, 5.74) is 7.62. The molecule has 2 aliphatic rings. The van der Waals surface area contributed by atoms with Gasteiger partial charge in [-0.15, -0.1) is 0 Å². The van der Waals surface area contributed by atoms with Crippen LogP contribution in [-0.2, 0) is 16.2 Å². The maximum Gasteiger partial charge on any atom is 0.169 e. The Morgan fingerprint density at radius 1 is 0.645 bits per heavy atom. The summed E-state index contributed by atoms with van der Waals surface area (Å²) in [5.74, 6) is 1.34. The third-order valence-electron chi connectivity index (χ3n) is 7.14. The summed E-state index contributed by atoms with van der Waals surface area (Å²) in [6.45, 7) is 24.9. The third-order valence-corrected chi connectivity index (χ3v) is 7.14. The lowest BCUT2D eigenvalue weighted by atomic mass is 9.72.